The van der Waals surface area contributed by atoms with E-state index in [1.807, 2.05) is 0 Å². The summed E-state index contributed by atoms with van der Waals surface area (Å²) in [6, 6.07) is 0. The second-order valence-electron chi connectivity index (χ2n) is 8.44. The molecule has 22 heavy (non-hydrogen) atoms. The summed E-state index contributed by atoms with van der Waals surface area (Å²) >= 11 is 0. The van der Waals surface area contributed by atoms with E-state index in [2.05, 4.69) is 75.9 Å². The lowest BCUT2D eigenvalue weighted by molar-refractivity contribution is -0.116. The predicted molar refractivity (Wildman–Crippen MR) is 103 cm³/mol. The number of Topliss-reactive ketones (excluding diaryl/α,β-unsaturated/α-hetero) is 1. The molecule has 0 unspecified atom stereocenters. The van der Waals surface area contributed by atoms with Crippen LogP contribution in [0.2, 0.25) is 39.3 Å². The molecule has 0 N–H and O–H groups in total. The molecule has 0 aliphatic heterocycles. The number of hydrogen-bond donors (Lipinski definition) is 0. The highest BCUT2D eigenvalue weighted by Crippen LogP contribution is 2.35. The third kappa shape index (κ3) is 6.10. The Morgan fingerprint density at radius 1 is 1.23 bits per heavy atom. The first-order valence-corrected chi connectivity index (χ1v) is 15.4. The van der Waals surface area contributed by atoms with Crippen molar-refractivity contribution in [2.75, 3.05) is 0 Å². The first kappa shape index (κ1) is 19.2. The largest absolute Gasteiger partial charge is 0.295 e. The van der Waals surface area contributed by atoms with Crippen LogP contribution < -0.4 is 0 Å². The molecular weight excluding hydrogens is 300 g/mol. The first-order valence-electron chi connectivity index (χ1n) is 8.41. The van der Waals surface area contributed by atoms with Crippen molar-refractivity contribution in [2.45, 2.75) is 65.5 Å². The van der Waals surface area contributed by atoms with Gasteiger partial charge in [0.1, 0.15) is 8.07 Å². The van der Waals surface area contributed by atoms with Crippen molar-refractivity contribution in [1.29, 1.82) is 0 Å². The summed E-state index contributed by atoms with van der Waals surface area (Å²) in [5.41, 5.74) is 3.45. The average molecular weight is 333 g/mol. The lowest BCUT2D eigenvalue weighted by Crippen LogP contribution is -2.35. The van der Waals surface area contributed by atoms with Crippen molar-refractivity contribution in [2.24, 2.45) is 11.8 Å². The Balaban J connectivity index is 2.99. The molecule has 1 rings (SSSR count). The third-order valence-corrected chi connectivity index (χ3v) is 7.00. The van der Waals surface area contributed by atoms with Gasteiger partial charge in [-0.15, -0.1) is 11.5 Å². The maximum atomic E-state index is 12.5. The number of ketones is 1. The number of hydrogen-bond acceptors (Lipinski definition) is 1. The number of carbonyl (C=O) groups excluding carboxylic acids is 1. The van der Waals surface area contributed by atoms with Crippen LogP contribution in [-0.2, 0) is 4.79 Å². The Labute approximate surface area is 139 Å². The van der Waals surface area contributed by atoms with E-state index < -0.39 is 16.1 Å². The van der Waals surface area contributed by atoms with Crippen LogP contribution in [0.1, 0.15) is 26.2 Å². The molecule has 1 aliphatic rings. The van der Waals surface area contributed by atoms with E-state index in [0.717, 1.165) is 18.0 Å². The minimum atomic E-state index is -1.53. The van der Waals surface area contributed by atoms with E-state index in [-0.39, 0.29) is 0 Å². The van der Waals surface area contributed by atoms with Gasteiger partial charge < -0.3 is 0 Å². The molecule has 0 bridgehead atoms. The Kier molecular flexibility index (Phi) is 6.64. The topological polar surface area (TPSA) is 17.1 Å². The Hall–Kier alpha value is -0.856. The van der Waals surface area contributed by atoms with Crippen LogP contribution in [-0.4, -0.2) is 21.9 Å². The van der Waals surface area contributed by atoms with Gasteiger partial charge in [0.2, 0.25) is 0 Å². The maximum absolute atomic E-state index is 12.5. The Bertz CT molecular complexity index is 518. The third-order valence-electron chi connectivity index (χ3n) is 4.01. The molecule has 2 atom stereocenters. The summed E-state index contributed by atoms with van der Waals surface area (Å²) in [4.78, 5) is 12.5. The van der Waals surface area contributed by atoms with Crippen molar-refractivity contribution in [3.05, 3.63) is 23.4 Å². The fourth-order valence-electron chi connectivity index (χ4n) is 2.84. The molecule has 0 aromatic carbocycles. The molecular formula is C19H32OSi2. The maximum Gasteiger partial charge on any atom is 0.154 e. The standard InChI is InChI=1S/C19H32OSi2/c1-8-9-11-17-15-19(22(5,6)7)18(20)14-16(17)12-10-13-21(2,3)4/h8-9,15-17H,11-12,14H2,1-7H3/b9-8+/t16-,17-/m1/s1. The van der Waals surface area contributed by atoms with Crippen molar-refractivity contribution in [3.8, 4) is 11.5 Å². The normalized spacial score (nSPS) is 23.2. The van der Waals surface area contributed by atoms with Crippen LogP contribution >= 0.6 is 0 Å². The van der Waals surface area contributed by atoms with Crippen molar-refractivity contribution >= 4 is 21.9 Å². The lowest BCUT2D eigenvalue weighted by atomic mass is 9.79. The van der Waals surface area contributed by atoms with Gasteiger partial charge in [0.05, 0.1) is 8.07 Å². The molecule has 0 fully saturated rings. The minimum absolute atomic E-state index is 0.385. The van der Waals surface area contributed by atoms with Gasteiger partial charge in [0.25, 0.3) is 0 Å². The smallest absolute Gasteiger partial charge is 0.154 e. The van der Waals surface area contributed by atoms with E-state index >= 15 is 0 Å². The van der Waals surface area contributed by atoms with Gasteiger partial charge >= 0.3 is 0 Å². The zero-order valence-corrected chi connectivity index (χ0v) is 17.4. The van der Waals surface area contributed by atoms with Crippen LogP contribution in [0.3, 0.4) is 0 Å². The van der Waals surface area contributed by atoms with E-state index in [9.17, 15) is 4.79 Å². The second-order valence-corrected chi connectivity index (χ2v) is 18.2. The van der Waals surface area contributed by atoms with E-state index in [0.29, 0.717) is 24.0 Å². The first-order chi connectivity index (χ1) is 10.0. The van der Waals surface area contributed by atoms with E-state index in [4.69, 9.17) is 0 Å². The van der Waals surface area contributed by atoms with Gasteiger partial charge in [-0.3, -0.25) is 4.79 Å². The summed E-state index contributed by atoms with van der Waals surface area (Å²) in [6.07, 6.45) is 9.25. The Morgan fingerprint density at radius 2 is 1.86 bits per heavy atom. The number of rotatable bonds is 4. The summed E-state index contributed by atoms with van der Waals surface area (Å²) in [7, 11) is -2.85. The lowest BCUT2D eigenvalue weighted by Gasteiger charge is -2.32. The molecule has 0 radical (unpaired) electrons. The fraction of sp³-hybridized carbons (Fsp3) is 0.632. The Morgan fingerprint density at radius 3 is 2.36 bits per heavy atom. The SMILES string of the molecule is C/C=C/C[C@@H]1C=C([Si](C)(C)C)C(=O)C[C@H]1CC#C[Si](C)(C)C. The van der Waals surface area contributed by atoms with Gasteiger partial charge in [-0.2, -0.15) is 0 Å². The zero-order chi connectivity index (χ0) is 17.0. The highest BCUT2D eigenvalue weighted by molar-refractivity contribution is 6.87. The van der Waals surface area contributed by atoms with Crippen LogP contribution in [0.5, 0.6) is 0 Å². The molecule has 1 aliphatic carbocycles. The van der Waals surface area contributed by atoms with Gasteiger partial charge in [0.15, 0.2) is 5.78 Å². The minimum Gasteiger partial charge on any atom is -0.295 e. The summed E-state index contributed by atoms with van der Waals surface area (Å²) in [5.74, 6) is 4.65. The van der Waals surface area contributed by atoms with Crippen molar-refractivity contribution < 1.29 is 4.79 Å². The van der Waals surface area contributed by atoms with Crippen molar-refractivity contribution in [3.63, 3.8) is 0 Å². The molecule has 122 valence electrons. The van der Waals surface area contributed by atoms with Crippen molar-refractivity contribution in [1.82, 2.24) is 0 Å². The highest BCUT2D eigenvalue weighted by Gasteiger charge is 2.34. The van der Waals surface area contributed by atoms with Gasteiger partial charge in [-0.25, -0.2) is 0 Å². The number of carbonyl (C=O) groups is 1. The molecule has 0 aromatic rings. The molecule has 0 saturated heterocycles. The van der Waals surface area contributed by atoms with Crippen LogP contribution in [0.25, 0.3) is 0 Å². The molecule has 1 nitrogen and oxygen atoms in total. The van der Waals surface area contributed by atoms with Crippen LogP contribution in [0.15, 0.2) is 23.4 Å². The monoisotopic (exact) mass is 332 g/mol. The van der Waals surface area contributed by atoms with Gasteiger partial charge in [0, 0.05) is 12.8 Å². The summed E-state index contributed by atoms with van der Waals surface area (Å²) < 4.78 is 0. The summed E-state index contributed by atoms with van der Waals surface area (Å²) in [6.45, 7) is 15.7. The fourth-order valence-corrected chi connectivity index (χ4v) is 5.12. The summed E-state index contributed by atoms with van der Waals surface area (Å²) in [5, 5.41) is 1.15. The van der Waals surface area contributed by atoms with Gasteiger partial charge in [-0.05, 0) is 30.4 Å². The second kappa shape index (κ2) is 7.61. The quantitative estimate of drug-likeness (QED) is 0.391. The highest BCUT2D eigenvalue weighted by atomic mass is 28.3. The predicted octanol–water partition coefficient (Wildman–Crippen LogP) is 5.23. The molecule has 3 heteroatoms. The molecule has 0 amide bonds. The molecule has 0 aromatic heterocycles. The van der Waals surface area contributed by atoms with E-state index in [1.165, 1.54) is 0 Å². The van der Waals surface area contributed by atoms with Crippen LogP contribution in [0, 0.1) is 23.3 Å². The molecule has 0 spiro atoms. The van der Waals surface area contributed by atoms with E-state index in [1.54, 1.807) is 0 Å². The molecule has 0 saturated carbocycles. The molecule has 0 heterocycles. The number of allylic oxidation sites excluding steroid dienone is 4. The van der Waals surface area contributed by atoms with Gasteiger partial charge in [-0.1, -0.05) is 57.5 Å². The average Bonchev–Trinajstić information content (AvgIpc) is 2.34. The van der Waals surface area contributed by atoms with Crippen LogP contribution in [0.4, 0.5) is 0 Å². The zero-order valence-electron chi connectivity index (χ0n) is 15.4.